The number of nitrogens with two attached hydrogens (primary N) is 1. The molecule has 7 heteroatoms. The summed E-state index contributed by atoms with van der Waals surface area (Å²) in [6, 6.07) is 5.61. The van der Waals surface area contributed by atoms with Crippen molar-refractivity contribution in [3.8, 4) is 5.75 Å². The number of fused-ring (bicyclic) bond motifs is 1. The van der Waals surface area contributed by atoms with Gasteiger partial charge in [-0.3, -0.25) is 4.79 Å². The smallest absolute Gasteiger partial charge is 0.307 e. The Labute approximate surface area is 136 Å². The van der Waals surface area contributed by atoms with Crippen LogP contribution in [0.4, 0.5) is 5.82 Å². The molecule has 1 aromatic carbocycles. The van der Waals surface area contributed by atoms with Crippen molar-refractivity contribution in [1.29, 1.82) is 0 Å². The van der Waals surface area contributed by atoms with Crippen LogP contribution in [0.1, 0.15) is 17.0 Å². The molecule has 23 heavy (non-hydrogen) atoms. The Kier molecular flexibility index (Phi) is 4.12. The number of benzene rings is 1. The van der Waals surface area contributed by atoms with Crippen molar-refractivity contribution in [2.75, 3.05) is 5.73 Å². The van der Waals surface area contributed by atoms with Gasteiger partial charge in [0.1, 0.15) is 24.0 Å². The van der Waals surface area contributed by atoms with Crippen LogP contribution in [0.5, 0.6) is 5.75 Å². The molecule has 3 rings (SSSR count). The van der Waals surface area contributed by atoms with Crippen LogP contribution >= 0.6 is 11.3 Å². The van der Waals surface area contributed by atoms with Crippen LogP contribution in [0.15, 0.2) is 29.8 Å². The third-order valence-corrected chi connectivity index (χ3v) is 4.38. The first-order valence-electron chi connectivity index (χ1n) is 6.95. The molecular weight excluding hydrogens is 314 g/mol. The molecular formula is C16H15N3O3S. The molecule has 0 bridgehead atoms. The molecule has 3 N–H and O–H groups in total. The Morgan fingerprint density at radius 2 is 2.22 bits per heavy atom. The van der Waals surface area contributed by atoms with Crippen molar-refractivity contribution >= 4 is 33.2 Å². The average Bonchev–Trinajstić information content (AvgIpc) is 2.88. The Balaban J connectivity index is 1.77. The third-order valence-electron chi connectivity index (χ3n) is 3.38. The zero-order valence-corrected chi connectivity index (χ0v) is 13.3. The molecule has 2 heterocycles. The lowest BCUT2D eigenvalue weighted by Gasteiger charge is -2.08. The van der Waals surface area contributed by atoms with Gasteiger partial charge in [0.15, 0.2) is 0 Å². The van der Waals surface area contributed by atoms with E-state index in [1.165, 1.54) is 11.3 Å². The lowest BCUT2D eigenvalue weighted by molar-refractivity contribution is -0.136. The second-order valence-electron chi connectivity index (χ2n) is 5.11. The number of nitrogens with zero attached hydrogens (tertiary/aromatic N) is 2. The molecule has 0 spiro atoms. The fourth-order valence-corrected chi connectivity index (χ4v) is 3.23. The number of hydrogen-bond donors (Lipinski definition) is 2. The van der Waals surface area contributed by atoms with Gasteiger partial charge in [0, 0.05) is 16.5 Å². The first-order chi connectivity index (χ1) is 11.0. The standard InChI is InChI=1S/C16H15N3O3S/c1-9-18-6-11(16(17)19-9)7-22-12-2-3-13-10(4-15(20)21)8-23-14(13)5-12/h2-3,5-6,8H,4,7H2,1H3,(H,20,21)(H2,17,18,19). The molecule has 118 valence electrons. The number of aliphatic carboxylic acids is 1. The van der Waals surface area contributed by atoms with E-state index in [1.54, 1.807) is 13.1 Å². The van der Waals surface area contributed by atoms with Crippen LogP contribution in [0.25, 0.3) is 10.1 Å². The monoisotopic (exact) mass is 329 g/mol. The molecule has 0 saturated carbocycles. The van der Waals surface area contributed by atoms with Gasteiger partial charge in [0.2, 0.25) is 0 Å². The summed E-state index contributed by atoms with van der Waals surface area (Å²) in [6.45, 7) is 2.06. The summed E-state index contributed by atoms with van der Waals surface area (Å²) in [6.07, 6.45) is 1.68. The molecule has 0 unspecified atom stereocenters. The van der Waals surface area contributed by atoms with E-state index in [4.69, 9.17) is 15.6 Å². The highest BCUT2D eigenvalue weighted by molar-refractivity contribution is 7.17. The number of carbonyl (C=O) groups is 1. The van der Waals surface area contributed by atoms with Crippen molar-refractivity contribution in [3.63, 3.8) is 0 Å². The SMILES string of the molecule is Cc1ncc(COc2ccc3c(CC(=O)O)csc3c2)c(N)n1. The number of rotatable bonds is 5. The van der Waals surface area contributed by atoms with Crippen molar-refractivity contribution in [2.45, 2.75) is 20.0 Å². The third kappa shape index (κ3) is 3.40. The maximum atomic E-state index is 10.8. The van der Waals surface area contributed by atoms with Crippen LogP contribution in [0.3, 0.4) is 0 Å². The number of aryl methyl sites for hydroxylation is 1. The summed E-state index contributed by atoms with van der Waals surface area (Å²) in [5, 5.41) is 11.7. The fourth-order valence-electron chi connectivity index (χ4n) is 2.24. The van der Waals surface area contributed by atoms with Gasteiger partial charge in [0.25, 0.3) is 0 Å². The van der Waals surface area contributed by atoms with E-state index >= 15 is 0 Å². The zero-order chi connectivity index (χ0) is 16.4. The van der Waals surface area contributed by atoms with Crippen molar-refractivity contribution in [2.24, 2.45) is 0 Å². The first-order valence-corrected chi connectivity index (χ1v) is 7.83. The van der Waals surface area contributed by atoms with Crippen molar-refractivity contribution in [3.05, 3.63) is 46.7 Å². The van der Waals surface area contributed by atoms with Gasteiger partial charge in [-0.1, -0.05) is 0 Å². The van der Waals surface area contributed by atoms with E-state index in [1.807, 2.05) is 23.6 Å². The highest BCUT2D eigenvalue weighted by Crippen LogP contribution is 2.30. The van der Waals surface area contributed by atoms with Crippen LogP contribution < -0.4 is 10.5 Å². The number of nitrogen functional groups attached to an aromatic ring is 1. The second kappa shape index (κ2) is 6.21. The predicted molar refractivity (Wildman–Crippen MR) is 88.7 cm³/mol. The van der Waals surface area contributed by atoms with E-state index in [0.717, 1.165) is 21.2 Å². The van der Waals surface area contributed by atoms with Gasteiger partial charge in [-0.05, 0) is 41.5 Å². The minimum absolute atomic E-state index is 0.0252. The molecule has 0 amide bonds. The summed E-state index contributed by atoms with van der Waals surface area (Å²) < 4.78 is 6.73. The molecule has 0 fully saturated rings. The van der Waals surface area contributed by atoms with Gasteiger partial charge >= 0.3 is 5.97 Å². The second-order valence-corrected chi connectivity index (χ2v) is 6.02. The Morgan fingerprint density at radius 3 is 2.96 bits per heavy atom. The van der Waals surface area contributed by atoms with E-state index in [2.05, 4.69) is 9.97 Å². The van der Waals surface area contributed by atoms with Gasteiger partial charge in [-0.2, -0.15) is 0 Å². The summed E-state index contributed by atoms with van der Waals surface area (Å²) >= 11 is 1.50. The average molecular weight is 329 g/mol. The lowest BCUT2D eigenvalue weighted by atomic mass is 10.1. The highest BCUT2D eigenvalue weighted by Gasteiger charge is 2.09. The van der Waals surface area contributed by atoms with Crippen LogP contribution in [-0.2, 0) is 17.8 Å². The van der Waals surface area contributed by atoms with Crippen molar-refractivity contribution < 1.29 is 14.6 Å². The fraction of sp³-hybridized carbons (Fsp3) is 0.188. The van der Waals surface area contributed by atoms with Crippen molar-refractivity contribution in [1.82, 2.24) is 9.97 Å². The number of carboxylic acid groups (broad SMARTS) is 1. The molecule has 2 aromatic heterocycles. The molecule has 0 aliphatic heterocycles. The summed E-state index contributed by atoms with van der Waals surface area (Å²) in [5.41, 5.74) is 7.39. The molecule has 0 saturated heterocycles. The van der Waals surface area contributed by atoms with Gasteiger partial charge in [-0.25, -0.2) is 9.97 Å². The van der Waals surface area contributed by atoms with Crippen LogP contribution in [0, 0.1) is 6.92 Å². The van der Waals surface area contributed by atoms with Gasteiger partial charge in [-0.15, -0.1) is 11.3 Å². The number of anilines is 1. The molecule has 0 aliphatic carbocycles. The lowest BCUT2D eigenvalue weighted by Crippen LogP contribution is -2.04. The molecule has 6 nitrogen and oxygen atoms in total. The molecule has 3 aromatic rings. The zero-order valence-electron chi connectivity index (χ0n) is 12.4. The Hall–Kier alpha value is -2.67. The summed E-state index contributed by atoms with van der Waals surface area (Å²) in [5.74, 6) is 0.900. The van der Waals surface area contributed by atoms with E-state index in [-0.39, 0.29) is 13.0 Å². The largest absolute Gasteiger partial charge is 0.489 e. The Morgan fingerprint density at radius 1 is 1.39 bits per heavy atom. The number of ether oxygens (including phenoxy) is 1. The maximum Gasteiger partial charge on any atom is 0.307 e. The summed E-state index contributed by atoms with van der Waals surface area (Å²) in [7, 11) is 0. The Bertz CT molecular complexity index is 876. The number of thiophene rings is 1. The van der Waals surface area contributed by atoms with Gasteiger partial charge in [0.05, 0.1) is 6.42 Å². The number of hydrogen-bond acceptors (Lipinski definition) is 6. The summed E-state index contributed by atoms with van der Waals surface area (Å²) in [4.78, 5) is 19.1. The van der Waals surface area contributed by atoms with Crippen LogP contribution in [-0.4, -0.2) is 21.0 Å². The number of carboxylic acids is 1. The van der Waals surface area contributed by atoms with E-state index < -0.39 is 5.97 Å². The normalized spacial score (nSPS) is 10.8. The minimum atomic E-state index is -0.833. The van der Waals surface area contributed by atoms with E-state index in [0.29, 0.717) is 17.4 Å². The maximum absolute atomic E-state index is 10.8. The van der Waals surface area contributed by atoms with Gasteiger partial charge < -0.3 is 15.6 Å². The molecule has 0 aliphatic rings. The number of aromatic nitrogens is 2. The molecule has 0 radical (unpaired) electrons. The highest BCUT2D eigenvalue weighted by atomic mass is 32.1. The first kappa shape index (κ1) is 15.2. The molecule has 0 atom stereocenters. The minimum Gasteiger partial charge on any atom is -0.489 e. The van der Waals surface area contributed by atoms with Crippen LogP contribution in [0.2, 0.25) is 0 Å². The predicted octanol–water partition coefficient (Wildman–Crippen LogP) is 2.79. The quantitative estimate of drug-likeness (QED) is 0.747. The van der Waals surface area contributed by atoms with E-state index in [9.17, 15) is 4.79 Å². The topological polar surface area (TPSA) is 98.3 Å².